The number of aliphatic hydroxyl groups is 1. The predicted molar refractivity (Wildman–Crippen MR) is 119 cm³/mol. The second-order valence-corrected chi connectivity index (χ2v) is 9.36. The van der Waals surface area contributed by atoms with Crippen LogP contribution in [0.25, 0.3) is 21.8 Å². The smallest absolute Gasteiger partial charge is 0.232 e. The van der Waals surface area contributed by atoms with E-state index in [0.717, 1.165) is 32.4 Å². The van der Waals surface area contributed by atoms with Crippen LogP contribution >= 0.6 is 11.6 Å². The lowest BCUT2D eigenvalue weighted by atomic mass is 10.2. The minimum atomic E-state index is -3.62. The molecule has 29 heavy (non-hydrogen) atoms. The van der Waals surface area contributed by atoms with Crippen molar-refractivity contribution >= 4 is 49.1 Å². The van der Waals surface area contributed by atoms with Gasteiger partial charge in [0.25, 0.3) is 0 Å². The second kappa shape index (κ2) is 7.71. The lowest BCUT2D eigenvalue weighted by Gasteiger charge is -2.26. The summed E-state index contributed by atoms with van der Waals surface area (Å²) in [5.41, 5.74) is 2.35. The van der Waals surface area contributed by atoms with Crippen molar-refractivity contribution in [2.75, 3.05) is 17.1 Å². The Kier molecular flexibility index (Phi) is 5.25. The van der Waals surface area contributed by atoms with Crippen molar-refractivity contribution in [2.24, 2.45) is 0 Å². The molecule has 5 nitrogen and oxygen atoms in total. The van der Waals surface area contributed by atoms with E-state index in [1.807, 2.05) is 53.1 Å². The monoisotopic (exact) mass is 428 g/mol. The van der Waals surface area contributed by atoms with E-state index < -0.39 is 16.1 Å². The van der Waals surface area contributed by atoms with Gasteiger partial charge in [-0.15, -0.1) is 0 Å². The lowest BCUT2D eigenvalue weighted by molar-refractivity contribution is 0.166. The minimum Gasteiger partial charge on any atom is -0.389 e. The van der Waals surface area contributed by atoms with Crippen LogP contribution in [0.1, 0.15) is 0 Å². The Morgan fingerprint density at radius 3 is 2.00 bits per heavy atom. The summed E-state index contributed by atoms with van der Waals surface area (Å²) in [5, 5.41) is 13.4. The number of halogens is 1. The average molecular weight is 429 g/mol. The van der Waals surface area contributed by atoms with Gasteiger partial charge in [-0.1, -0.05) is 60.1 Å². The molecule has 0 aliphatic rings. The van der Waals surface area contributed by atoms with Gasteiger partial charge in [-0.05, 0) is 24.3 Å². The maximum absolute atomic E-state index is 12.4. The molecule has 4 aromatic rings. The fourth-order valence-corrected chi connectivity index (χ4v) is 4.97. The Morgan fingerprint density at radius 2 is 1.45 bits per heavy atom. The van der Waals surface area contributed by atoms with Crippen molar-refractivity contribution in [1.82, 2.24) is 4.57 Å². The van der Waals surface area contributed by atoms with Gasteiger partial charge in [0.15, 0.2) is 0 Å². The summed E-state index contributed by atoms with van der Waals surface area (Å²) < 4.78 is 28.0. The maximum Gasteiger partial charge on any atom is 0.232 e. The number of anilines is 1. The number of sulfonamides is 1. The molecule has 0 spiro atoms. The number of benzene rings is 3. The summed E-state index contributed by atoms with van der Waals surface area (Å²) in [6, 6.07) is 22.7. The largest absolute Gasteiger partial charge is 0.389 e. The molecule has 4 rings (SSSR count). The zero-order valence-corrected chi connectivity index (χ0v) is 17.4. The molecule has 0 aliphatic heterocycles. The van der Waals surface area contributed by atoms with Gasteiger partial charge in [-0.25, -0.2) is 8.42 Å². The van der Waals surface area contributed by atoms with Crippen molar-refractivity contribution < 1.29 is 13.5 Å². The topological polar surface area (TPSA) is 62.5 Å². The molecule has 0 fully saturated rings. The fraction of sp³-hybridized carbons (Fsp3) is 0.182. The van der Waals surface area contributed by atoms with Crippen LogP contribution in [-0.4, -0.2) is 37.0 Å². The van der Waals surface area contributed by atoms with Crippen molar-refractivity contribution in [1.29, 1.82) is 0 Å². The number of hydrogen-bond acceptors (Lipinski definition) is 3. The predicted octanol–water partition coefficient (Wildman–Crippen LogP) is 4.28. The number of aromatic nitrogens is 1. The Balaban J connectivity index is 1.70. The van der Waals surface area contributed by atoms with E-state index in [1.165, 1.54) is 0 Å². The van der Waals surface area contributed by atoms with Gasteiger partial charge in [0, 0.05) is 21.8 Å². The highest BCUT2D eigenvalue weighted by Crippen LogP contribution is 2.30. The van der Waals surface area contributed by atoms with Crippen LogP contribution in [0.4, 0.5) is 5.69 Å². The molecule has 1 heterocycles. The quantitative estimate of drug-likeness (QED) is 0.498. The van der Waals surface area contributed by atoms with Gasteiger partial charge in [0.2, 0.25) is 10.0 Å². The van der Waals surface area contributed by atoms with Gasteiger partial charge in [-0.2, -0.15) is 0 Å². The molecule has 0 saturated heterocycles. The molecule has 150 valence electrons. The molecule has 0 radical (unpaired) electrons. The number of aliphatic hydroxyl groups excluding tert-OH is 1. The van der Waals surface area contributed by atoms with Crippen molar-refractivity contribution in [3.05, 3.63) is 77.8 Å². The lowest BCUT2D eigenvalue weighted by Crippen LogP contribution is -2.38. The molecule has 0 saturated carbocycles. The molecular weight excluding hydrogens is 408 g/mol. The first-order valence-corrected chi connectivity index (χ1v) is 11.4. The third-order valence-corrected chi connectivity index (χ3v) is 6.44. The van der Waals surface area contributed by atoms with Crippen LogP contribution < -0.4 is 4.31 Å². The Hall–Kier alpha value is -2.54. The summed E-state index contributed by atoms with van der Waals surface area (Å²) in [7, 11) is -3.62. The summed E-state index contributed by atoms with van der Waals surface area (Å²) >= 11 is 6.21. The molecule has 1 N–H and O–H groups in total. The van der Waals surface area contributed by atoms with Crippen LogP contribution in [-0.2, 0) is 16.6 Å². The first-order valence-electron chi connectivity index (χ1n) is 9.22. The van der Waals surface area contributed by atoms with Gasteiger partial charge in [-0.3, -0.25) is 4.31 Å². The van der Waals surface area contributed by atoms with Crippen molar-refractivity contribution in [3.63, 3.8) is 0 Å². The maximum atomic E-state index is 12.4. The van der Waals surface area contributed by atoms with E-state index in [9.17, 15) is 13.5 Å². The molecule has 0 amide bonds. The average Bonchev–Trinajstić information content (AvgIpc) is 3.00. The van der Waals surface area contributed by atoms with E-state index in [0.29, 0.717) is 10.7 Å². The number of rotatable bonds is 6. The van der Waals surface area contributed by atoms with Gasteiger partial charge in [0.05, 0.1) is 36.2 Å². The van der Waals surface area contributed by atoms with Crippen LogP contribution in [0, 0.1) is 0 Å². The molecule has 1 aromatic heterocycles. The summed E-state index contributed by atoms with van der Waals surface area (Å²) in [5.74, 6) is 0. The number of fused-ring (bicyclic) bond motifs is 3. The highest BCUT2D eigenvalue weighted by atomic mass is 35.5. The summed E-state index contributed by atoms with van der Waals surface area (Å²) in [4.78, 5) is 0. The summed E-state index contributed by atoms with van der Waals surface area (Å²) in [6.07, 6.45) is 0.184. The third-order valence-electron chi connectivity index (χ3n) is 4.97. The molecule has 7 heteroatoms. The van der Waals surface area contributed by atoms with Crippen LogP contribution in [0.15, 0.2) is 72.8 Å². The molecule has 0 bridgehead atoms. The number of nitrogens with zero attached hydrogens (tertiary/aromatic N) is 2. The molecule has 1 unspecified atom stereocenters. The van der Waals surface area contributed by atoms with Gasteiger partial charge >= 0.3 is 0 Å². The van der Waals surface area contributed by atoms with Crippen molar-refractivity contribution in [2.45, 2.75) is 12.6 Å². The molecule has 0 aliphatic carbocycles. The third kappa shape index (κ3) is 3.83. The highest BCUT2D eigenvalue weighted by Gasteiger charge is 2.24. The number of hydrogen-bond donors (Lipinski definition) is 1. The van der Waals surface area contributed by atoms with Gasteiger partial charge < -0.3 is 9.67 Å². The van der Waals surface area contributed by atoms with E-state index in [1.54, 1.807) is 24.3 Å². The molecule has 1 atom stereocenters. The standard InChI is InChI=1S/C22H21ClN2O3S/c1-29(27,28)25(22-13-7-4-10-19(22)23)15-16(26)14-24-20-11-5-2-8-17(20)18-9-3-6-12-21(18)24/h2-13,16,26H,14-15H2,1H3. The first kappa shape index (κ1) is 19.8. The minimum absolute atomic E-state index is 0.0938. The first-order chi connectivity index (χ1) is 13.9. The van der Waals surface area contributed by atoms with Crippen LogP contribution in [0.2, 0.25) is 5.02 Å². The SMILES string of the molecule is CS(=O)(=O)N(CC(O)Cn1c2ccccc2c2ccccc21)c1ccccc1Cl. The zero-order chi connectivity index (χ0) is 20.6. The molecule has 3 aromatic carbocycles. The second-order valence-electron chi connectivity index (χ2n) is 7.04. The van der Waals surface area contributed by atoms with Crippen LogP contribution in [0.3, 0.4) is 0 Å². The van der Waals surface area contributed by atoms with Gasteiger partial charge in [0.1, 0.15) is 0 Å². The van der Waals surface area contributed by atoms with E-state index in [-0.39, 0.29) is 13.1 Å². The Labute approximate surface area is 174 Å². The Morgan fingerprint density at radius 1 is 0.931 bits per heavy atom. The van der Waals surface area contributed by atoms with Crippen molar-refractivity contribution in [3.8, 4) is 0 Å². The Bertz CT molecular complexity index is 1230. The van der Waals surface area contributed by atoms with E-state index in [2.05, 4.69) is 0 Å². The fourth-order valence-electron chi connectivity index (χ4n) is 3.73. The highest BCUT2D eigenvalue weighted by molar-refractivity contribution is 7.92. The number of para-hydroxylation sites is 3. The summed E-state index contributed by atoms with van der Waals surface area (Å²) in [6.45, 7) is 0.161. The normalized spacial score (nSPS) is 13.1. The van der Waals surface area contributed by atoms with E-state index >= 15 is 0 Å². The van der Waals surface area contributed by atoms with Crippen LogP contribution in [0.5, 0.6) is 0 Å². The van der Waals surface area contributed by atoms with E-state index in [4.69, 9.17) is 11.6 Å². The molecular formula is C22H21ClN2O3S. The zero-order valence-electron chi connectivity index (χ0n) is 15.9.